The molecule has 1 aromatic carbocycles. The Morgan fingerprint density at radius 2 is 2.00 bits per heavy atom. The van der Waals surface area contributed by atoms with Crippen molar-refractivity contribution in [2.45, 2.75) is 19.8 Å². The second kappa shape index (κ2) is 4.17. The molecule has 1 heterocycles. The molecule has 2 rings (SSSR count). The molecule has 0 saturated carbocycles. The van der Waals surface area contributed by atoms with Gasteiger partial charge in [0.2, 0.25) is 0 Å². The quantitative estimate of drug-likeness (QED) is 0.802. The molecule has 0 aliphatic rings. The molecule has 0 atom stereocenters. The molecule has 0 fully saturated rings. The normalized spacial score (nSPS) is 10.5. The van der Waals surface area contributed by atoms with Gasteiger partial charge < -0.3 is 5.73 Å². The van der Waals surface area contributed by atoms with Gasteiger partial charge in [-0.05, 0) is 17.5 Å². The van der Waals surface area contributed by atoms with Crippen LogP contribution in [0.2, 0.25) is 0 Å². The Morgan fingerprint density at radius 3 is 2.53 bits per heavy atom. The molecule has 3 nitrogen and oxygen atoms in total. The van der Waals surface area contributed by atoms with E-state index in [1.165, 1.54) is 12.0 Å². The lowest BCUT2D eigenvalue weighted by atomic mass is 10.0. The largest absolute Gasteiger partial charge is 0.384 e. The molecule has 0 amide bonds. The Bertz CT molecular complexity index is 428. The average molecular weight is 201 g/mol. The second-order valence-electron chi connectivity index (χ2n) is 3.64. The minimum atomic E-state index is 0.623. The molecule has 0 bridgehead atoms. The molecule has 0 aliphatic heterocycles. The highest BCUT2D eigenvalue weighted by Gasteiger charge is 2.03. The first-order valence-electron chi connectivity index (χ1n) is 5.19. The van der Waals surface area contributed by atoms with Crippen molar-refractivity contribution in [2.24, 2.45) is 0 Å². The summed E-state index contributed by atoms with van der Waals surface area (Å²) in [6.45, 7) is 2.18. The van der Waals surface area contributed by atoms with Crippen LogP contribution in [0.3, 0.4) is 0 Å². The average Bonchev–Trinajstić information content (AvgIpc) is 2.66. The molecule has 15 heavy (non-hydrogen) atoms. The van der Waals surface area contributed by atoms with Gasteiger partial charge in [0.05, 0.1) is 6.20 Å². The Hall–Kier alpha value is -1.77. The number of hydrogen-bond donors (Lipinski definition) is 2. The lowest BCUT2D eigenvalue weighted by Gasteiger charge is -2.01. The highest BCUT2D eigenvalue weighted by atomic mass is 15.1. The number of nitrogens with zero attached hydrogens (tertiary/aromatic N) is 1. The van der Waals surface area contributed by atoms with Crippen molar-refractivity contribution >= 4 is 5.82 Å². The minimum Gasteiger partial charge on any atom is -0.384 e. The van der Waals surface area contributed by atoms with Crippen molar-refractivity contribution < 1.29 is 0 Å². The number of rotatable bonds is 3. The summed E-state index contributed by atoms with van der Waals surface area (Å²) in [5.74, 6) is 0.623. The fourth-order valence-corrected chi connectivity index (χ4v) is 1.67. The third kappa shape index (κ3) is 2.01. The van der Waals surface area contributed by atoms with Crippen molar-refractivity contribution in [1.82, 2.24) is 10.2 Å². The molecule has 0 saturated heterocycles. The van der Waals surface area contributed by atoms with Crippen LogP contribution in [-0.4, -0.2) is 10.2 Å². The summed E-state index contributed by atoms with van der Waals surface area (Å²) in [5.41, 5.74) is 9.20. The Morgan fingerprint density at radius 1 is 1.27 bits per heavy atom. The number of nitrogens with one attached hydrogen (secondary N) is 1. The number of aromatic nitrogens is 2. The summed E-state index contributed by atoms with van der Waals surface area (Å²) in [7, 11) is 0. The molecule has 0 aliphatic carbocycles. The predicted molar refractivity (Wildman–Crippen MR) is 62.4 cm³/mol. The summed E-state index contributed by atoms with van der Waals surface area (Å²) in [6.07, 6.45) is 4.05. The number of aryl methyl sites for hydroxylation is 1. The number of benzene rings is 1. The first-order chi connectivity index (χ1) is 7.31. The van der Waals surface area contributed by atoms with Crippen molar-refractivity contribution in [3.63, 3.8) is 0 Å². The van der Waals surface area contributed by atoms with Crippen LogP contribution in [0.25, 0.3) is 11.1 Å². The lowest BCUT2D eigenvalue weighted by Crippen LogP contribution is -1.88. The van der Waals surface area contributed by atoms with E-state index in [-0.39, 0.29) is 0 Å². The Kier molecular flexibility index (Phi) is 2.72. The summed E-state index contributed by atoms with van der Waals surface area (Å²) >= 11 is 0. The van der Waals surface area contributed by atoms with Crippen molar-refractivity contribution in [3.05, 3.63) is 36.0 Å². The maximum Gasteiger partial charge on any atom is 0.126 e. The number of anilines is 1. The molecule has 3 N–H and O–H groups in total. The molecular weight excluding hydrogens is 186 g/mol. The number of H-pyrrole nitrogens is 1. The molecule has 3 heteroatoms. The van der Waals surface area contributed by atoms with E-state index >= 15 is 0 Å². The van der Waals surface area contributed by atoms with Gasteiger partial charge >= 0.3 is 0 Å². The van der Waals surface area contributed by atoms with E-state index in [0.717, 1.165) is 17.5 Å². The van der Waals surface area contributed by atoms with Gasteiger partial charge in [-0.15, -0.1) is 0 Å². The van der Waals surface area contributed by atoms with Crippen molar-refractivity contribution in [3.8, 4) is 11.1 Å². The van der Waals surface area contributed by atoms with Crippen LogP contribution in [-0.2, 0) is 6.42 Å². The predicted octanol–water partition coefficient (Wildman–Crippen LogP) is 2.61. The minimum absolute atomic E-state index is 0.623. The summed E-state index contributed by atoms with van der Waals surface area (Å²) in [4.78, 5) is 0. The highest BCUT2D eigenvalue weighted by Crippen LogP contribution is 2.23. The Balaban J connectivity index is 2.28. The van der Waals surface area contributed by atoms with Crippen LogP contribution in [0.4, 0.5) is 5.82 Å². The first kappa shape index (κ1) is 9.77. The number of nitrogen functional groups attached to an aromatic ring is 1. The van der Waals surface area contributed by atoms with Crippen LogP contribution in [0, 0.1) is 0 Å². The van der Waals surface area contributed by atoms with E-state index < -0.39 is 0 Å². The molecule has 1 aromatic heterocycles. The van der Waals surface area contributed by atoms with Gasteiger partial charge in [0, 0.05) is 5.56 Å². The van der Waals surface area contributed by atoms with Crippen LogP contribution in [0.1, 0.15) is 18.9 Å². The summed E-state index contributed by atoms with van der Waals surface area (Å²) in [5, 5.41) is 6.64. The van der Waals surface area contributed by atoms with Crippen molar-refractivity contribution in [1.29, 1.82) is 0 Å². The summed E-state index contributed by atoms with van der Waals surface area (Å²) < 4.78 is 0. The monoisotopic (exact) mass is 201 g/mol. The Labute approximate surface area is 89.3 Å². The van der Waals surface area contributed by atoms with Gasteiger partial charge in [0.15, 0.2) is 0 Å². The van der Waals surface area contributed by atoms with E-state index in [4.69, 9.17) is 5.73 Å². The van der Waals surface area contributed by atoms with Crippen LogP contribution >= 0.6 is 0 Å². The zero-order chi connectivity index (χ0) is 10.7. The van der Waals surface area contributed by atoms with E-state index in [2.05, 4.69) is 41.4 Å². The number of nitrogens with two attached hydrogens (primary N) is 1. The fraction of sp³-hybridized carbons (Fsp3) is 0.250. The molecular formula is C12H15N3. The first-order valence-corrected chi connectivity index (χ1v) is 5.19. The van der Waals surface area contributed by atoms with E-state index in [1.807, 2.05) is 0 Å². The molecule has 78 valence electrons. The zero-order valence-electron chi connectivity index (χ0n) is 8.83. The van der Waals surface area contributed by atoms with Gasteiger partial charge in [-0.3, -0.25) is 5.10 Å². The van der Waals surface area contributed by atoms with Crippen molar-refractivity contribution in [2.75, 3.05) is 5.73 Å². The number of aromatic amines is 1. The topological polar surface area (TPSA) is 54.7 Å². The maximum atomic E-state index is 5.75. The molecule has 2 aromatic rings. The van der Waals surface area contributed by atoms with E-state index in [9.17, 15) is 0 Å². The fourth-order valence-electron chi connectivity index (χ4n) is 1.67. The SMILES string of the molecule is CCCc1ccc(-c2cn[nH]c2N)cc1. The van der Waals surface area contributed by atoms with E-state index in [0.29, 0.717) is 5.82 Å². The molecule has 0 unspecified atom stereocenters. The summed E-state index contributed by atoms with van der Waals surface area (Å²) in [6, 6.07) is 8.47. The van der Waals surface area contributed by atoms with Crippen LogP contribution in [0.15, 0.2) is 30.5 Å². The van der Waals surface area contributed by atoms with Gasteiger partial charge in [-0.2, -0.15) is 5.10 Å². The van der Waals surface area contributed by atoms with E-state index in [1.54, 1.807) is 6.20 Å². The second-order valence-corrected chi connectivity index (χ2v) is 3.64. The third-order valence-corrected chi connectivity index (χ3v) is 2.47. The zero-order valence-corrected chi connectivity index (χ0v) is 8.83. The van der Waals surface area contributed by atoms with Gasteiger partial charge in [-0.25, -0.2) is 0 Å². The smallest absolute Gasteiger partial charge is 0.126 e. The van der Waals surface area contributed by atoms with Crippen LogP contribution in [0.5, 0.6) is 0 Å². The lowest BCUT2D eigenvalue weighted by molar-refractivity contribution is 0.922. The van der Waals surface area contributed by atoms with Gasteiger partial charge in [0.1, 0.15) is 5.82 Å². The van der Waals surface area contributed by atoms with Crippen LogP contribution < -0.4 is 5.73 Å². The molecule has 0 spiro atoms. The number of hydrogen-bond acceptors (Lipinski definition) is 2. The van der Waals surface area contributed by atoms with Gasteiger partial charge in [-0.1, -0.05) is 37.6 Å². The third-order valence-electron chi connectivity index (χ3n) is 2.47. The highest BCUT2D eigenvalue weighted by molar-refractivity contribution is 5.72. The van der Waals surface area contributed by atoms with Gasteiger partial charge in [0.25, 0.3) is 0 Å². The standard InChI is InChI=1S/C12H15N3/c1-2-3-9-4-6-10(7-5-9)11-8-14-15-12(11)13/h4-8H,2-3H2,1H3,(H3,13,14,15). The molecule has 0 radical (unpaired) electrons. The maximum absolute atomic E-state index is 5.75.